The third-order valence-corrected chi connectivity index (χ3v) is 2.59. The Kier molecular flexibility index (Phi) is 3.23. The summed E-state index contributed by atoms with van der Waals surface area (Å²) in [4.78, 5) is 0. The van der Waals surface area contributed by atoms with Gasteiger partial charge in [-0.05, 0) is 34.7 Å². The number of alkyl halides is 3. The van der Waals surface area contributed by atoms with Crippen LogP contribution in [0.15, 0.2) is 12.1 Å². The molecule has 0 aromatic heterocycles. The van der Waals surface area contributed by atoms with Gasteiger partial charge in [-0.2, -0.15) is 13.2 Å². The lowest BCUT2D eigenvalue weighted by Gasteiger charge is -2.10. The second-order valence-electron chi connectivity index (χ2n) is 2.47. The van der Waals surface area contributed by atoms with Gasteiger partial charge >= 0.3 is 6.18 Å². The predicted molar refractivity (Wildman–Crippen MR) is 50.7 cm³/mol. The van der Waals surface area contributed by atoms with Crippen molar-refractivity contribution >= 4 is 22.6 Å². The highest BCUT2D eigenvalue weighted by Gasteiger charge is 2.32. The van der Waals surface area contributed by atoms with E-state index in [1.54, 1.807) is 22.6 Å². The molecule has 1 nitrogen and oxygen atoms in total. The van der Waals surface area contributed by atoms with Gasteiger partial charge < -0.3 is 4.74 Å². The third kappa shape index (κ3) is 2.28. The molecule has 0 amide bonds. The molecule has 0 N–H and O–H groups in total. The molecule has 0 aliphatic heterocycles. The molecule has 6 heteroatoms. The van der Waals surface area contributed by atoms with Gasteiger partial charge in [0, 0.05) is 0 Å². The number of ether oxygens (including phenoxy) is 1. The largest absolute Gasteiger partial charge is 0.496 e. The van der Waals surface area contributed by atoms with E-state index in [0.29, 0.717) is 6.07 Å². The van der Waals surface area contributed by atoms with Crippen molar-refractivity contribution in [3.63, 3.8) is 0 Å². The maximum absolute atomic E-state index is 13.0. The molecular formula is C8H5F4IO. The van der Waals surface area contributed by atoms with Crippen LogP contribution in [0.25, 0.3) is 0 Å². The number of halogens is 5. The lowest BCUT2D eigenvalue weighted by molar-refractivity contribution is -0.137. The number of hydrogen-bond donors (Lipinski definition) is 0. The smallest absolute Gasteiger partial charge is 0.416 e. The van der Waals surface area contributed by atoms with Crippen LogP contribution >= 0.6 is 22.6 Å². The van der Waals surface area contributed by atoms with Crippen molar-refractivity contribution in [3.8, 4) is 5.75 Å². The second kappa shape index (κ2) is 3.92. The molecule has 0 unspecified atom stereocenters. The monoisotopic (exact) mass is 320 g/mol. The van der Waals surface area contributed by atoms with Crippen molar-refractivity contribution in [2.75, 3.05) is 7.11 Å². The van der Waals surface area contributed by atoms with Crippen molar-refractivity contribution in [1.29, 1.82) is 0 Å². The summed E-state index contributed by atoms with van der Waals surface area (Å²) in [5, 5.41) is 0. The third-order valence-electron chi connectivity index (χ3n) is 1.54. The van der Waals surface area contributed by atoms with E-state index in [1.807, 2.05) is 0 Å². The minimum Gasteiger partial charge on any atom is -0.496 e. The van der Waals surface area contributed by atoms with Crippen molar-refractivity contribution < 1.29 is 22.3 Å². The van der Waals surface area contributed by atoms with Gasteiger partial charge in [0.15, 0.2) is 0 Å². The molecular weight excluding hydrogens is 315 g/mol. The number of hydrogen-bond acceptors (Lipinski definition) is 1. The quantitative estimate of drug-likeness (QED) is 0.569. The molecule has 0 bridgehead atoms. The first-order chi connectivity index (χ1) is 6.36. The molecule has 1 aromatic rings. The Bertz CT molecular complexity index is 348. The van der Waals surface area contributed by atoms with Crippen molar-refractivity contribution in [3.05, 3.63) is 27.1 Å². The fraction of sp³-hybridized carbons (Fsp3) is 0.250. The van der Waals surface area contributed by atoms with E-state index in [-0.39, 0.29) is 9.32 Å². The van der Waals surface area contributed by atoms with E-state index in [2.05, 4.69) is 4.74 Å². The predicted octanol–water partition coefficient (Wildman–Crippen LogP) is 3.46. The molecule has 1 aromatic carbocycles. The summed E-state index contributed by atoms with van der Waals surface area (Å²) in [7, 11) is 1.19. The van der Waals surface area contributed by atoms with E-state index < -0.39 is 17.6 Å². The van der Waals surface area contributed by atoms with Gasteiger partial charge in [-0.25, -0.2) is 4.39 Å². The van der Waals surface area contributed by atoms with E-state index in [4.69, 9.17) is 0 Å². The molecule has 0 heterocycles. The minimum atomic E-state index is -4.56. The average molecular weight is 320 g/mol. The van der Waals surface area contributed by atoms with Crippen LogP contribution in [0, 0.1) is 9.39 Å². The van der Waals surface area contributed by atoms with E-state index in [0.717, 1.165) is 6.07 Å². The Morgan fingerprint density at radius 3 is 2.29 bits per heavy atom. The molecule has 78 valence electrons. The molecule has 0 aliphatic rings. The Hall–Kier alpha value is -0.530. The van der Waals surface area contributed by atoms with Gasteiger partial charge in [0.05, 0.1) is 16.2 Å². The average Bonchev–Trinajstić information content (AvgIpc) is 2.07. The van der Waals surface area contributed by atoms with Crippen LogP contribution in [-0.2, 0) is 6.18 Å². The van der Waals surface area contributed by atoms with Crippen LogP contribution in [0.4, 0.5) is 17.6 Å². The Balaban J connectivity index is 3.30. The highest BCUT2D eigenvalue weighted by molar-refractivity contribution is 14.1. The molecule has 0 radical (unpaired) electrons. The standard InChI is InChI=1S/C8H5F4IO/c1-14-6-3-4(8(10,11)12)2-5(9)7(6)13/h2-3H,1H3. The number of rotatable bonds is 1. The summed E-state index contributed by atoms with van der Waals surface area (Å²) in [5.74, 6) is -1.05. The van der Waals surface area contributed by atoms with Crippen LogP contribution in [0.5, 0.6) is 5.75 Å². The highest BCUT2D eigenvalue weighted by Crippen LogP contribution is 2.34. The van der Waals surface area contributed by atoms with Gasteiger partial charge in [-0.1, -0.05) is 0 Å². The number of benzene rings is 1. The molecule has 14 heavy (non-hydrogen) atoms. The topological polar surface area (TPSA) is 9.23 Å². The second-order valence-corrected chi connectivity index (χ2v) is 3.55. The van der Waals surface area contributed by atoms with Crippen molar-refractivity contribution in [1.82, 2.24) is 0 Å². The maximum atomic E-state index is 13.0. The van der Waals surface area contributed by atoms with Gasteiger partial charge in [-0.3, -0.25) is 0 Å². The zero-order chi connectivity index (χ0) is 10.9. The van der Waals surface area contributed by atoms with Crippen molar-refractivity contribution in [2.45, 2.75) is 6.18 Å². The molecule has 0 saturated carbocycles. The van der Waals surface area contributed by atoms with Crippen LogP contribution in [0.3, 0.4) is 0 Å². The SMILES string of the molecule is COc1cc(C(F)(F)F)cc(F)c1I. The summed E-state index contributed by atoms with van der Waals surface area (Å²) in [5.41, 5.74) is -1.05. The lowest BCUT2D eigenvalue weighted by Crippen LogP contribution is -2.06. The Morgan fingerprint density at radius 2 is 1.86 bits per heavy atom. The first kappa shape index (κ1) is 11.5. The number of methoxy groups -OCH3 is 1. The zero-order valence-electron chi connectivity index (χ0n) is 6.95. The van der Waals surface area contributed by atoms with Crippen LogP contribution < -0.4 is 4.74 Å². The Morgan fingerprint density at radius 1 is 1.29 bits per heavy atom. The maximum Gasteiger partial charge on any atom is 0.416 e. The first-order valence-corrected chi connectivity index (χ1v) is 4.54. The van der Waals surface area contributed by atoms with Gasteiger partial charge in [0.1, 0.15) is 11.6 Å². The summed E-state index contributed by atoms with van der Waals surface area (Å²) in [6, 6.07) is 1.22. The fourth-order valence-electron chi connectivity index (χ4n) is 0.876. The van der Waals surface area contributed by atoms with Crippen LogP contribution in [0.1, 0.15) is 5.56 Å². The molecule has 0 spiro atoms. The fourth-order valence-corrected chi connectivity index (χ4v) is 1.41. The lowest BCUT2D eigenvalue weighted by atomic mass is 10.2. The zero-order valence-corrected chi connectivity index (χ0v) is 9.11. The molecule has 0 atom stereocenters. The highest BCUT2D eigenvalue weighted by atomic mass is 127. The van der Waals surface area contributed by atoms with E-state index >= 15 is 0 Å². The first-order valence-electron chi connectivity index (χ1n) is 3.46. The molecule has 1 rings (SSSR count). The van der Waals surface area contributed by atoms with Gasteiger partial charge in [0.25, 0.3) is 0 Å². The van der Waals surface area contributed by atoms with Crippen LogP contribution in [0.2, 0.25) is 0 Å². The minimum absolute atomic E-state index is 0.0399. The molecule has 0 aliphatic carbocycles. The summed E-state index contributed by atoms with van der Waals surface area (Å²) in [6.07, 6.45) is -4.56. The molecule has 0 fully saturated rings. The summed E-state index contributed by atoms with van der Waals surface area (Å²) in [6.45, 7) is 0. The summed E-state index contributed by atoms with van der Waals surface area (Å²) < 4.78 is 54.2. The summed E-state index contributed by atoms with van der Waals surface area (Å²) >= 11 is 1.58. The van der Waals surface area contributed by atoms with Crippen molar-refractivity contribution in [2.24, 2.45) is 0 Å². The van der Waals surface area contributed by atoms with E-state index in [1.165, 1.54) is 7.11 Å². The molecule has 0 saturated heterocycles. The van der Waals surface area contributed by atoms with E-state index in [9.17, 15) is 17.6 Å². The van der Waals surface area contributed by atoms with Crippen LogP contribution in [-0.4, -0.2) is 7.11 Å². The Labute approximate surface area is 91.2 Å². The normalized spacial score (nSPS) is 11.6. The van der Waals surface area contributed by atoms with Gasteiger partial charge in [-0.15, -0.1) is 0 Å². The van der Waals surface area contributed by atoms with Gasteiger partial charge in [0.2, 0.25) is 0 Å².